The molecule has 0 unspecified atom stereocenters. The third kappa shape index (κ3) is 7.30. The van der Waals surface area contributed by atoms with Gasteiger partial charge in [-0.25, -0.2) is 4.98 Å². The second-order valence-electron chi connectivity index (χ2n) is 8.16. The lowest BCUT2D eigenvalue weighted by Gasteiger charge is -2.31. The first-order valence-corrected chi connectivity index (χ1v) is 11.8. The fourth-order valence-electron chi connectivity index (χ4n) is 3.65. The number of nitrogens with one attached hydrogen (secondary N) is 3. The average Bonchev–Trinajstić information content (AvgIpc) is 2.75. The summed E-state index contributed by atoms with van der Waals surface area (Å²) in [5.74, 6) is 0.322. The van der Waals surface area contributed by atoms with E-state index in [1.807, 2.05) is 6.07 Å². The fourth-order valence-corrected chi connectivity index (χ4v) is 3.97. The number of aliphatic hydroxyl groups excluding tert-OH is 1. The Morgan fingerprint density at radius 3 is 2.66 bits per heavy atom. The van der Waals surface area contributed by atoms with Crippen LogP contribution in [0, 0.1) is 5.41 Å². The van der Waals surface area contributed by atoms with Gasteiger partial charge >= 0.3 is 0 Å². The van der Waals surface area contributed by atoms with Crippen LogP contribution in [0.25, 0.3) is 0 Å². The molecule has 174 valence electrons. The van der Waals surface area contributed by atoms with Crippen molar-refractivity contribution in [3.05, 3.63) is 55.4 Å². The molecular weight excluding hydrogens is 451 g/mol. The summed E-state index contributed by atoms with van der Waals surface area (Å²) in [6.07, 6.45) is 8.38. The molecule has 2 aromatic rings. The highest BCUT2D eigenvalue weighted by atomic mass is 35.5. The van der Waals surface area contributed by atoms with E-state index in [2.05, 4.69) is 15.3 Å². The molecule has 0 bridgehead atoms. The van der Waals surface area contributed by atoms with E-state index in [-0.39, 0.29) is 17.8 Å². The lowest BCUT2D eigenvalue weighted by atomic mass is 9.92. The van der Waals surface area contributed by atoms with Crippen molar-refractivity contribution >= 4 is 35.4 Å². The predicted molar refractivity (Wildman–Crippen MR) is 128 cm³/mol. The number of aromatic amines is 1. The first kappa shape index (κ1) is 24.7. The zero-order valence-electron chi connectivity index (χ0n) is 18.0. The highest BCUT2D eigenvalue weighted by Gasteiger charge is 2.27. The van der Waals surface area contributed by atoms with Gasteiger partial charge in [-0.3, -0.25) is 9.78 Å². The van der Waals surface area contributed by atoms with Gasteiger partial charge < -0.3 is 20.6 Å². The number of unbranched alkanes of at least 4 members (excludes halogenated alkanes) is 4. The summed E-state index contributed by atoms with van der Waals surface area (Å²) < 4.78 is 5.68. The minimum atomic E-state index is -0.216. The Bertz CT molecular complexity index is 961. The largest absolute Gasteiger partial charge is 0.393 e. The Balaban J connectivity index is 1.40. The van der Waals surface area contributed by atoms with Crippen molar-refractivity contribution in [2.75, 3.05) is 11.9 Å². The molecule has 7 nitrogen and oxygen atoms in total. The van der Waals surface area contributed by atoms with E-state index in [9.17, 15) is 9.90 Å². The van der Waals surface area contributed by atoms with Crippen molar-refractivity contribution in [3.8, 4) is 0 Å². The molecular formula is C23H30Cl2N4O3. The number of rotatable bonds is 13. The van der Waals surface area contributed by atoms with Crippen molar-refractivity contribution in [1.29, 1.82) is 5.41 Å². The van der Waals surface area contributed by atoms with Crippen LogP contribution in [0.3, 0.4) is 0 Å². The smallest absolute Gasteiger partial charge is 0.256 e. The Morgan fingerprint density at radius 1 is 1.19 bits per heavy atom. The zero-order valence-corrected chi connectivity index (χ0v) is 19.5. The zero-order chi connectivity index (χ0) is 22.9. The third-order valence-corrected chi connectivity index (χ3v) is 6.36. The van der Waals surface area contributed by atoms with E-state index in [4.69, 9.17) is 33.3 Å². The normalized spacial score (nSPS) is 17.7. The van der Waals surface area contributed by atoms with Gasteiger partial charge in [0.2, 0.25) is 5.95 Å². The Kier molecular flexibility index (Phi) is 9.53. The highest BCUT2D eigenvalue weighted by Crippen LogP contribution is 2.24. The molecule has 1 heterocycles. The van der Waals surface area contributed by atoms with Crippen LogP contribution in [-0.4, -0.2) is 40.1 Å². The fraction of sp³-hybridized carbons (Fsp3) is 0.522. The van der Waals surface area contributed by atoms with Crippen molar-refractivity contribution in [1.82, 2.24) is 9.97 Å². The molecule has 1 fully saturated rings. The van der Waals surface area contributed by atoms with E-state index in [0.717, 1.165) is 63.3 Å². The number of nitrogens with zero attached hydrogens (tertiary/aromatic N) is 1. The molecule has 0 spiro atoms. The minimum Gasteiger partial charge on any atom is -0.393 e. The van der Waals surface area contributed by atoms with E-state index >= 15 is 0 Å². The van der Waals surface area contributed by atoms with Crippen LogP contribution in [0.1, 0.15) is 61.8 Å². The van der Waals surface area contributed by atoms with Crippen LogP contribution < -0.4 is 10.9 Å². The van der Waals surface area contributed by atoms with Gasteiger partial charge in [-0.15, -0.1) is 0 Å². The molecule has 1 aliphatic rings. The molecule has 0 saturated heterocycles. The lowest BCUT2D eigenvalue weighted by molar-refractivity contribution is -0.0714. The summed E-state index contributed by atoms with van der Waals surface area (Å²) in [5, 5.41) is 20.9. The minimum absolute atomic E-state index is 0.170. The molecule has 1 saturated carbocycles. The van der Waals surface area contributed by atoms with Gasteiger partial charge in [0, 0.05) is 24.9 Å². The number of halogens is 2. The first-order chi connectivity index (χ1) is 15.5. The molecule has 0 atom stereocenters. The molecule has 1 aromatic heterocycles. The molecule has 9 heteroatoms. The topological polar surface area (TPSA) is 111 Å². The van der Waals surface area contributed by atoms with Crippen LogP contribution in [0.4, 0.5) is 5.95 Å². The maximum Gasteiger partial charge on any atom is 0.256 e. The SMILES string of the molecule is N=Cc1nc(NCc2ccc(Cl)c(Cl)c2)[nH]c(=O)c1CCCCCCCOC1CC(O)C1. The standard InChI is InChI=1S/C23H30Cl2N4O3/c24-19-8-7-15(10-20(19)25)14-27-23-28-21(13-26)18(22(31)29-23)6-4-2-1-3-5-9-32-17-11-16(30)12-17/h7-8,10,13,16-17,26,30H,1-6,9,11-12,14H2,(H2,27,28,29,31). The molecule has 0 aliphatic heterocycles. The quantitative estimate of drug-likeness (QED) is 0.244. The van der Waals surface area contributed by atoms with E-state index < -0.39 is 0 Å². The van der Waals surface area contributed by atoms with Crippen LogP contribution in [-0.2, 0) is 17.7 Å². The summed E-state index contributed by atoms with van der Waals surface area (Å²) >= 11 is 12.0. The van der Waals surface area contributed by atoms with Crippen molar-refractivity contribution in [2.45, 2.75) is 70.1 Å². The number of ether oxygens (including phenoxy) is 1. The highest BCUT2D eigenvalue weighted by molar-refractivity contribution is 6.42. The van der Waals surface area contributed by atoms with Crippen LogP contribution >= 0.6 is 23.2 Å². The summed E-state index contributed by atoms with van der Waals surface area (Å²) in [5.41, 5.74) is 1.62. The molecule has 4 N–H and O–H groups in total. The van der Waals surface area contributed by atoms with Gasteiger partial charge in [-0.1, -0.05) is 48.5 Å². The Labute approximate surface area is 198 Å². The first-order valence-electron chi connectivity index (χ1n) is 11.1. The van der Waals surface area contributed by atoms with Crippen molar-refractivity contribution < 1.29 is 9.84 Å². The lowest BCUT2D eigenvalue weighted by Crippen LogP contribution is -2.35. The number of hydrogen-bond acceptors (Lipinski definition) is 6. The summed E-state index contributed by atoms with van der Waals surface area (Å²) in [7, 11) is 0. The number of hydrogen-bond donors (Lipinski definition) is 4. The number of aliphatic hydroxyl groups is 1. The van der Waals surface area contributed by atoms with Gasteiger partial charge in [0.25, 0.3) is 5.56 Å². The van der Waals surface area contributed by atoms with Gasteiger partial charge in [0.05, 0.1) is 27.9 Å². The number of aromatic nitrogens is 2. The molecule has 0 amide bonds. The molecule has 3 rings (SSSR count). The average molecular weight is 481 g/mol. The van der Waals surface area contributed by atoms with Crippen LogP contribution in [0.15, 0.2) is 23.0 Å². The maximum atomic E-state index is 12.5. The van der Waals surface area contributed by atoms with E-state index in [1.165, 1.54) is 0 Å². The predicted octanol–water partition coefficient (Wildman–Crippen LogP) is 4.72. The Morgan fingerprint density at radius 2 is 1.94 bits per heavy atom. The molecule has 1 aliphatic carbocycles. The monoisotopic (exact) mass is 480 g/mol. The van der Waals surface area contributed by atoms with Crippen LogP contribution in [0.5, 0.6) is 0 Å². The van der Waals surface area contributed by atoms with Crippen molar-refractivity contribution in [2.24, 2.45) is 0 Å². The molecule has 32 heavy (non-hydrogen) atoms. The van der Waals surface area contributed by atoms with E-state index in [0.29, 0.717) is 40.2 Å². The number of H-pyrrole nitrogens is 1. The summed E-state index contributed by atoms with van der Waals surface area (Å²) in [6.45, 7) is 1.16. The van der Waals surface area contributed by atoms with E-state index in [1.54, 1.807) is 12.1 Å². The van der Waals surface area contributed by atoms with Gasteiger partial charge in [-0.2, -0.15) is 0 Å². The number of benzene rings is 1. The molecule has 0 radical (unpaired) electrons. The Hall–Kier alpha value is -1.93. The summed E-state index contributed by atoms with van der Waals surface area (Å²) in [4.78, 5) is 19.7. The second kappa shape index (κ2) is 12.3. The van der Waals surface area contributed by atoms with Gasteiger partial charge in [0.15, 0.2) is 0 Å². The number of anilines is 1. The van der Waals surface area contributed by atoms with Gasteiger partial charge in [-0.05, 0) is 49.8 Å². The van der Waals surface area contributed by atoms with Crippen molar-refractivity contribution in [3.63, 3.8) is 0 Å². The van der Waals surface area contributed by atoms with Gasteiger partial charge in [0.1, 0.15) is 0 Å². The van der Waals surface area contributed by atoms with Crippen LogP contribution in [0.2, 0.25) is 10.0 Å². The summed E-state index contributed by atoms with van der Waals surface area (Å²) in [6, 6.07) is 5.32. The second-order valence-corrected chi connectivity index (χ2v) is 8.97. The third-order valence-electron chi connectivity index (χ3n) is 5.62. The molecule has 1 aromatic carbocycles. The maximum absolute atomic E-state index is 12.5.